The molecule has 25 heavy (non-hydrogen) atoms. The van der Waals surface area contributed by atoms with E-state index in [1.807, 2.05) is 24.3 Å². The summed E-state index contributed by atoms with van der Waals surface area (Å²) in [6.45, 7) is 1.28. The third kappa shape index (κ3) is 5.63. The smallest absolute Gasteiger partial charge is 0.191 e. The second-order valence-electron chi connectivity index (χ2n) is 5.09. The summed E-state index contributed by atoms with van der Waals surface area (Å²) in [7, 11) is 3.29. The number of aliphatic imine (C=N–C) groups is 1. The predicted molar refractivity (Wildman–Crippen MR) is 93.0 cm³/mol. The lowest BCUT2D eigenvalue weighted by Gasteiger charge is -2.14. The average molecular weight is 349 g/mol. The highest BCUT2D eigenvalue weighted by atomic mass is 19.2. The van der Waals surface area contributed by atoms with Crippen molar-refractivity contribution in [2.45, 2.75) is 6.54 Å². The zero-order chi connectivity index (χ0) is 18.1. The molecule has 0 aromatic heterocycles. The molecule has 0 bridgehead atoms. The van der Waals surface area contributed by atoms with E-state index >= 15 is 0 Å². The number of hydrogen-bond acceptors (Lipinski definition) is 3. The first-order valence-corrected chi connectivity index (χ1v) is 7.78. The fraction of sp³-hybridized carbons (Fsp3) is 0.278. The van der Waals surface area contributed by atoms with Crippen LogP contribution in [-0.2, 0) is 6.54 Å². The highest BCUT2D eigenvalue weighted by Crippen LogP contribution is 2.16. The molecule has 0 amide bonds. The molecule has 2 aromatic rings. The molecule has 0 aliphatic carbocycles. The van der Waals surface area contributed by atoms with Crippen LogP contribution in [0.15, 0.2) is 47.5 Å². The number of benzene rings is 2. The molecular formula is C18H21F2N3O2. The molecule has 7 heteroatoms. The monoisotopic (exact) mass is 349 g/mol. The Morgan fingerprint density at radius 1 is 1.08 bits per heavy atom. The lowest BCUT2D eigenvalue weighted by molar-refractivity contribution is 0.318. The molecule has 0 radical (unpaired) electrons. The molecule has 0 aliphatic rings. The minimum Gasteiger partial charge on any atom is -0.496 e. The van der Waals surface area contributed by atoms with Crippen LogP contribution in [-0.4, -0.2) is 33.3 Å². The summed E-state index contributed by atoms with van der Waals surface area (Å²) in [5.74, 6) is -0.157. The van der Waals surface area contributed by atoms with Gasteiger partial charge >= 0.3 is 0 Å². The maximum atomic E-state index is 13.1. The molecule has 0 saturated heterocycles. The van der Waals surface area contributed by atoms with Crippen molar-refractivity contribution in [3.05, 3.63) is 59.7 Å². The first-order chi connectivity index (χ1) is 12.1. The second-order valence-corrected chi connectivity index (χ2v) is 5.09. The van der Waals surface area contributed by atoms with Crippen LogP contribution in [0.4, 0.5) is 8.78 Å². The van der Waals surface area contributed by atoms with Crippen LogP contribution in [0.1, 0.15) is 5.56 Å². The van der Waals surface area contributed by atoms with E-state index < -0.39 is 11.6 Å². The van der Waals surface area contributed by atoms with Gasteiger partial charge in [0.15, 0.2) is 17.6 Å². The molecule has 0 heterocycles. The van der Waals surface area contributed by atoms with Crippen LogP contribution in [0.3, 0.4) is 0 Å². The zero-order valence-electron chi connectivity index (χ0n) is 14.2. The molecule has 2 rings (SSSR count). The Kier molecular flexibility index (Phi) is 7.00. The van der Waals surface area contributed by atoms with Gasteiger partial charge in [0.2, 0.25) is 0 Å². The summed E-state index contributed by atoms with van der Waals surface area (Å²) < 4.78 is 36.6. The quantitative estimate of drug-likeness (QED) is 0.458. The summed E-state index contributed by atoms with van der Waals surface area (Å²) in [6, 6.07) is 11.1. The van der Waals surface area contributed by atoms with E-state index in [1.165, 1.54) is 6.07 Å². The fourth-order valence-corrected chi connectivity index (χ4v) is 2.15. The van der Waals surface area contributed by atoms with Gasteiger partial charge in [-0.25, -0.2) is 8.78 Å². The van der Waals surface area contributed by atoms with Gasteiger partial charge in [-0.15, -0.1) is 0 Å². The van der Waals surface area contributed by atoms with Crippen LogP contribution >= 0.6 is 0 Å². The molecular weight excluding hydrogens is 328 g/mol. The number of hydrogen-bond donors (Lipinski definition) is 2. The van der Waals surface area contributed by atoms with Crippen molar-refractivity contribution in [2.75, 3.05) is 27.3 Å². The van der Waals surface area contributed by atoms with Crippen molar-refractivity contribution in [1.29, 1.82) is 0 Å². The van der Waals surface area contributed by atoms with Crippen molar-refractivity contribution >= 4 is 5.96 Å². The van der Waals surface area contributed by atoms with Crippen molar-refractivity contribution < 1.29 is 18.3 Å². The summed E-state index contributed by atoms with van der Waals surface area (Å²) in [4.78, 5) is 4.12. The first kappa shape index (κ1) is 18.5. The van der Waals surface area contributed by atoms with Gasteiger partial charge in [-0.1, -0.05) is 18.2 Å². The van der Waals surface area contributed by atoms with Gasteiger partial charge in [-0.3, -0.25) is 4.99 Å². The Hall–Kier alpha value is -2.83. The lowest BCUT2D eigenvalue weighted by atomic mass is 10.2. The standard InChI is InChI=1S/C18H21F2N3O2/c1-21-18(23-12-13-5-3-4-6-17(13)24-2)22-9-10-25-14-7-8-15(19)16(20)11-14/h3-8,11H,9-10,12H2,1-2H3,(H2,21,22,23). The van der Waals surface area contributed by atoms with Crippen LogP contribution in [0, 0.1) is 11.6 Å². The van der Waals surface area contributed by atoms with Crippen molar-refractivity contribution in [1.82, 2.24) is 10.6 Å². The van der Waals surface area contributed by atoms with E-state index in [-0.39, 0.29) is 12.4 Å². The molecule has 0 unspecified atom stereocenters. The third-order valence-corrected chi connectivity index (χ3v) is 3.42. The van der Waals surface area contributed by atoms with E-state index in [0.29, 0.717) is 19.0 Å². The Morgan fingerprint density at radius 2 is 1.88 bits per heavy atom. The summed E-state index contributed by atoms with van der Waals surface area (Å²) in [6.07, 6.45) is 0. The van der Waals surface area contributed by atoms with Gasteiger partial charge in [0.1, 0.15) is 18.1 Å². The number of ether oxygens (including phenoxy) is 2. The largest absolute Gasteiger partial charge is 0.496 e. The van der Waals surface area contributed by atoms with Gasteiger partial charge in [-0.2, -0.15) is 0 Å². The van der Waals surface area contributed by atoms with Gasteiger partial charge in [-0.05, 0) is 18.2 Å². The van der Waals surface area contributed by atoms with E-state index in [2.05, 4.69) is 15.6 Å². The molecule has 0 atom stereocenters. The topological polar surface area (TPSA) is 54.9 Å². The highest BCUT2D eigenvalue weighted by molar-refractivity contribution is 5.79. The molecule has 2 N–H and O–H groups in total. The zero-order valence-corrected chi connectivity index (χ0v) is 14.2. The third-order valence-electron chi connectivity index (χ3n) is 3.42. The number of rotatable bonds is 7. The number of methoxy groups -OCH3 is 1. The normalized spacial score (nSPS) is 11.1. The summed E-state index contributed by atoms with van der Waals surface area (Å²) >= 11 is 0. The van der Waals surface area contributed by atoms with Gasteiger partial charge in [0.25, 0.3) is 0 Å². The Bertz CT molecular complexity index is 723. The lowest BCUT2D eigenvalue weighted by Crippen LogP contribution is -2.38. The molecule has 0 spiro atoms. The number of nitrogens with zero attached hydrogens (tertiary/aromatic N) is 1. The molecule has 0 aliphatic heterocycles. The van der Waals surface area contributed by atoms with Crippen molar-refractivity contribution in [2.24, 2.45) is 4.99 Å². The first-order valence-electron chi connectivity index (χ1n) is 7.78. The van der Waals surface area contributed by atoms with Crippen LogP contribution in [0.2, 0.25) is 0 Å². The van der Waals surface area contributed by atoms with Crippen molar-refractivity contribution in [3.8, 4) is 11.5 Å². The minimum absolute atomic E-state index is 0.276. The summed E-state index contributed by atoms with van der Waals surface area (Å²) in [5, 5.41) is 6.25. The number of halogens is 2. The molecule has 5 nitrogen and oxygen atoms in total. The van der Waals surface area contributed by atoms with Gasteiger partial charge in [0.05, 0.1) is 13.7 Å². The molecule has 0 fully saturated rings. The fourth-order valence-electron chi connectivity index (χ4n) is 2.15. The van der Waals surface area contributed by atoms with Gasteiger partial charge in [0, 0.05) is 25.2 Å². The Morgan fingerprint density at radius 3 is 2.60 bits per heavy atom. The summed E-state index contributed by atoms with van der Waals surface area (Å²) in [5.41, 5.74) is 1.01. The predicted octanol–water partition coefficient (Wildman–Crippen LogP) is 2.72. The highest BCUT2D eigenvalue weighted by Gasteiger charge is 2.05. The van der Waals surface area contributed by atoms with E-state index in [0.717, 1.165) is 23.4 Å². The Labute approximate surface area is 145 Å². The number of guanidine groups is 1. The molecule has 2 aromatic carbocycles. The van der Waals surface area contributed by atoms with Gasteiger partial charge < -0.3 is 20.1 Å². The van der Waals surface area contributed by atoms with Crippen LogP contribution < -0.4 is 20.1 Å². The second kappa shape index (κ2) is 9.46. The molecule has 0 saturated carbocycles. The average Bonchev–Trinajstić information content (AvgIpc) is 2.64. The maximum absolute atomic E-state index is 13.1. The van der Waals surface area contributed by atoms with E-state index in [1.54, 1.807) is 14.2 Å². The minimum atomic E-state index is -0.931. The number of para-hydroxylation sites is 1. The molecule has 134 valence electrons. The number of nitrogens with one attached hydrogen (secondary N) is 2. The SMILES string of the molecule is CN=C(NCCOc1ccc(F)c(F)c1)NCc1ccccc1OC. The Balaban J connectivity index is 1.75. The van der Waals surface area contributed by atoms with E-state index in [9.17, 15) is 8.78 Å². The maximum Gasteiger partial charge on any atom is 0.191 e. The van der Waals surface area contributed by atoms with E-state index in [4.69, 9.17) is 9.47 Å². The van der Waals surface area contributed by atoms with Crippen LogP contribution in [0.5, 0.6) is 11.5 Å². The van der Waals surface area contributed by atoms with Crippen molar-refractivity contribution in [3.63, 3.8) is 0 Å². The van der Waals surface area contributed by atoms with Crippen LogP contribution in [0.25, 0.3) is 0 Å².